The van der Waals surface area contributed by atoms with E-state index in [-0.39, 0.29) is 6.03 Å². The average Bonchev–Trinajstić information content (AvgIpc) is 2.44. The van der Waals surface area contributed by atoms with E-state index in [2.05, 4.69) is 25.2 Å². The SMILES string of the molecule is Cc1c(C#N)cccc1NC(=O)N1CCC(C)C(C)C1. The summed E-state index contributed by atoms with van der Waals surface area (Å²) in [4.78, 5) is 14.2. The fraction of sp³-hybridized carbons (Fsp3) is 0.500. The predicted molar refractivity (Wildman–Crippen MR) is 79.4 cm³/mol. The number of carbonyl (C=O) groups excluding carboxylic acids is 1. The summed E-state index contributed by atoms with van der Waals surface area (Å²) in [5.41, 5.74) is 2.14. The van der Waals surface area contributed by atoms with Gasteiger partial charge in [0, 0.05) is 18.8 Å². The third-order valence-electron chi connectivity index (χ3n) is 4.32. The summed E-state index contributed by atoms with van der Waals surface area (Å²) in [6, 6.07) is 7.46. The van der Waals surface area contributed by atoms with Crippen molar-refractivity contribution in [2.75, 3.05) is 18.4 Å². The van der Waals surface area contributed by atoms with Gasteiger partial charge in [0.25, 0.3) is 0 Å². The number of hydrogen-bond donors (Lipinski definition) is 1. The van der Waals surface area contributed by atoms with Crippen LogP contribution in [-0.2, 0) is 0 Å². The average molecular weight is 271 g/mol. The van der Waals surface area contributed by atoms with E-state index in [0.717, 1.165) is 30.8 Å². The molecule has 0 aliphatic carbocycles. The van der Waals surface area contributed by atoms with Gasteiger partial charge in [0.1, 0.15) is 0 Å². The van der Waals surface area contributed by atoms with Crippen molar-refractivity contribution in [1.29, 1.82) is 5.26 Å². The number of nitriles is 1. The zero-order chi connectivity index (χ0) is 14.7. The summed E-state index contributed by atoms with van der Waals surface area (Å²) in [6.45, 7) is 7.87. The molecule has 2 rings (SSSR count). The Bertz CT molecular complexity index is 547. The van der Waals surface area contributed by atoms with Crippen LogP contribution in [0.1, 0.15) is 31.4 Å². The Balaban J connectivity index is 2.07. The number of piperidine rings is 1. The smallest absolute Gasteiger partial charge is 0.321 e. The van der Waals surface area contributed by atoms with Crippen LogP contribution in [0.25, 0.3) is 0 Å². The number of urea groups is 1. The van der Waals surface area contributed by atoms with Gasteiger partial charge in [-0.25, -0.2) is 4.79 Å². The fourth-order valence-electron chi connectivity index (χ4n) is 2.53. The Hall–Kier alpha value is -2.02. The number of likely N-dealkylation sites (tertiary alicyclic amines) is 1. The Kier molecular flexibility index (Phi) is 4.29. The minimum Gasteiger partial charge on any atom is -0.324 e. The maximum Gasteiger partial charge on any atom is 0.321 e. The number of nitrogens with zero attached hydrogens (tertiary/aromatic N) is 2. The van der Waals surface area contributed by atoms with E-state index in [0.29, 0.717) is 17.4 Å². The van der Waals surface area contributed by atoms with Crippen molar-refractivity contribution < 1.29 is 4.79 Å². The van der Waals surface area contributed by atoms with Crippen molar-refractivity contribution in [3.05, 3.63) is 29.3 Å². The molecule has 1 fully saturated rings. The molecular weight excluding hydrogens is 250 g/mol. The third-order valence-corrected chi connectivity index (χ3v) is 4.32. The minimum atomic E-state index is -0.0676. The molecule has 1 aliphatic heterocycles. The highest BCUT2D eigenvalue weighted by Gasteiger charge is 2.26. The first kappa shape index (κ1) is 14.4. The normalized spacial score (nSPS) is 22.2. The van der Waals surface area contributed by atoms with Gasteiger partial charge in [-0.15, -0.1) is 0 Å². The first-order valence-corrected chi connectivity index (χ1v) is 7.08. The summed E-state index contributed by atoms with van der Waals surface area (Å²) in [5, 5.41) is 11.9. The third kappa shape index (κ3) is 2.93. The summed E-state index contributed by atoms with van der Waals surface area (Å²) in [5.74, 6) is 1.20. The molecule has 4 heteroatoms. The number of anilines is 1. The van der Waals surface area contributed by atoms with Crippen LogP contribution in [0.5, 0.6) is 0 Å². The lowest BCUT2D eigenvalue weighted by molar-refractivity contribution is 0.154. The van der Waals surface area contributed by atoms with Crippen LogP contribution in [0.15, 0.2) is 18.2 Å². The quantitative estimate of drug-likeness (QED) is 0.851. The lowest BCUT2D eigenvalue weighted by atomic mass is 9.89. The van der Waals surface area contributed by atoms with E-state index in [1.165, 1.54) is 0 Å². The van der Waals surface area contributed by atoms with Crippen molar-refractivity contribution in [2.45, 2.75) is 27.2 Å². The maximum atomic E-state index is 12.3. The molecule has 1 aromatic carbocycles. The van der Waals surface area contributed by atoms with Gasteiger partial charge < -0.3 is 10.2 Å². The Labute approximate surface area is 120 Å². The largest absolute Gasteiger partial charge is 0.324 e. The standard InChI is InChI=1S/C16H21N3O/c1-11-7-8-19(10-12(11)2)16(20)18-15-6-4-5-14(9-17)13(15)3/h4-6,11-12H,7-8,10H2,1-3H3,(H,18,20). The highest BCUT2D eigenvalue weighted by Crippen LogP contribution is 2.24. The van der Waals surface area contributed by atoms with Gasteiger partial charge in [-0.2, -0.15) is 5.26 Å². The van der Waals surface area contributed by atoms with E-state index in [1.807, 2.05) is 17.9 Å². The topological polar surface area (TPSA) is 56.1 Å². The molecule has 1 saturated heterocycles. The second-order valence-corrected chi connectivity index (χ2v) is 5.71. The van der Waals surface area contributed by atoms with E-state index < -0.39 is 0 Å². The minimum absolute atomic E-state index is 0.0676. The van der Waals surface area contributed by atoms with Gasteiger partial charge in [-0.3, -0.25) is 0 Å². The highest BCUT2D eigenvalue weighted by molar-refractivity contribution is 5.90. The van der Waals surface area contributed by atoms with Gasteiger partial charge >= 0.3 is 6.03 Å². The number of carbonyl (C=O) groups is 1. The molecule has 2 atom stereocenters. The van der Waals surface area contributed by atoms with Gasteiger partial charge in [0.2, 0.25) is 0 Å². The van der Waals surface area contributed by atoms with E-state index in [1.54, 1.807) is 12.1 Å². The van der Waals surface area contributed by atoms with Gasteiger partial charge in [-0.1, -0.05) is 19.9 Å². The molecule has 0 spiro atoms. The molecule has 0 bridgehead atoms. The first-order valence-electron chi connectivity index (χ1n) is 7.08. The monoisotopic (exact) mass is 271 g/mol. The molecular formula is C16H21N3O. The van der Waals surface area contributed by atoms with Crippen LogP contribution in [0.4, 0.5) is 10.5 Å². The van der Waals surface area contributed by atoms with Crippen LogP contribution in [-0.4, -0.2) is 24.0 Å². The van der Waals surface area contributed by atoms with Gasteiger partial charge in [0.15, 0.2) is 0 Å². The number of rotatable bonds is 1. The lowest BCUT2D eigenvalue weighted by Gasteiger charge is -2.35. The molecule has 1 aliphatic rings. The zero-order valence-corrected chi connectivity index (χ0v) is 12.3. The molecule has 2 unspecified atom stereocenters. The summed E-state index contributed by atoms with van der Waals surface area (Å²) >= 11 is 0. The van der Waals surface area contributed by atoms with E-state index >= 15 is 0 Å². The van der Waals surface area contributed by atoms with Crippen molar-refractivity contribution in [2.24, 2.45) is 11.8 Å². The Morgan fingerprint density at radius 1 is 1.40 bits per heavy atom. The molecule has 1 N–H and O–H groups in total. The molecule has 0 aromatic heterocycles. The Morgan fingerprint density at radius 2 is 2.15 bits per heavy atom. The number of nitrogens with one attached hydrogen (secondary N) is 1. The van der Waals surface area contributed by atoms with Crippen LogP contribution in [0.3, 0.4) is 0 Å². The van der Waals surface area contributed by atoms with Crippen LogP contribution in [0, 0.1) is 30.1 Å². The van der Waals surface area contributed by atoms with Crippen LogP contribution < -0.4 is 5.32 Å². The van der Waals surface area contributed by atoms with E-state index in [9.17, 15) is 4.79 Å². The molecule has 4 nitrogen and oxygen atoms in total. The van der Waals surface area contributed by atoms with Gasteiger partial charge in [-0.05, 0) is 42.9 Å². The van der Waals surface area contributed by atoms with Crippen molar-refractivity contribution in [1.82, 2.24) is 4.90 Å². The molecule has 106 valence electrons. The summed E-state index contributed by atoms with van der Waals surface area (Å²) in [7, 11) is 0. The summed E-state index contributed by atoms with van der Waals surface area (Å²) in [6.07, 6.45) is 1.05. The molecule has 0 saturated carbocycles. The van der Waals surface area contributed by atoms with Crippen LogP contribution in [0.2, 0.25) is 0 Å². The Morgan fingerprint density at radius 3 is 2.80 bits per heavy atom. The number of amides is 2. The second-order valence-electron chi connectivity index (χ2n) is 5.71. The molecule has 0 radical (unpaired) electrons. The molecule has 20 heavy (non-hydrogen) atoms. The number of benzene rings is 1. The summed E-state index contributed by atoms with van der Waals surface area (Å²) < 4.78 is 0. The molecule has 1 heterocycles. The maximum absolute atomic E-state index is 12.3. The predicted octanol–water partition coefficient (Wildman–Crippen LogP) is 3.38. The highest BCUT2D eigenvalue weighted by atomic mass is 16.2. The van der Waals surface area contributed by atoms with Crippen molar-refractivity contribution >= 4 is 11.7 Å². The second kappa shape index (κ2) is 5.96. The van der Waals surface area contributed by atoms with E-state index in [4.69, 9.17) is 5.26 Å². The first-order chi connectivity index (χ1) is 9.52. The number of hydrogen-bond acceptors (Lipinski definition) is 2. The van der Waals surface area contributed by atoms with Crippen molar-refractivity contribution in [3.8, 4) is 6.07 Å². The molecule has 2 amide bonds. The van der Waals surface area contributed by atoms with Gasteiger partial charge in [0.05, 0.1) is 11.6 Å². The van der Waals surface area contributed by atoms with Crippen LogP contribution >= 0.6 is 0 Å². The molecule has 1 aromatic rings. The van der Waals surface area contributed by atoms with Crippen molar-refractivity contribution in [3.63, 3.8) is 0 Å². The zero-order valence-electron chi connectivity index (χ0n) is 12.3. The lowest BCUT2D eigenvalue weighted by Crippen LogP contribution is -2.44. The fourth-order valence-corrected chi connectivity index (χ4v) is 2.53.